The van der Waals surface area contributed by atoms with Gasteiger partial charge in [0.25, 0.3) is 0 Å². The highest BCUT2D eigenvalue weighted by Gasteiger charge is 2.27. The highest BCUT2D eigenvalue weighted by molar-refractivity contribution is 5.53. The average molecular weight is 347 g/mol. The van der Waals surface area contributed by atoms with Gasteiger partial charge in [-0.2, -0.15) is 4.98 Å². The minimum absolute atomic E-state index is 0.164. The van der Waals surface area contributed by atoms with Crippen LogP contribution in [0.25, 0.3) is 11.4 Å². The maximum Gasteiger partial charge on any atom is 0.244 e. The molecule has 1 saturated heterocycles. The zero-order valence-electron chi connectivity index (χ0n) is 15.2. The summed E-state index contributed by atoms with van der Waals surface area (Å²) in [5.74, 6) is 2.15. The van der Waals surface area contributed by atoms with Gasteiger partial charge in [0.2, 0.25) is 11.7 Å². The molecule has 26 heavy (non-hydrogen) atoms. The number of benzene rings is 2. The number of likely N-dealkylation sites (tertiary alicyclic amines) is 1. The second-order valence-electron chi connectivity index (χ2n) is 7.17. The van der Waals surface area contributed by atoms with E-state index in [1.807, 2.05) is 30.3 Å². The second-order valence-corrected chi connectivity index (χ2v) is 7.17. The van der Waals surface area contributed by atoms with Gasteiger partial charge in [-0.25, -0.2) is 0 Å². The molecule has 4 rings (SSSR count). The van der Waals surface area contributed by atoms with Crippen LogP contribution in [0.15, 0.2) is 65.2 Å². The minimum atomic E-state index is 0.164. The highest BCUT2D eigenvalue weighted by Crippen LogP contribution is 2.28. The average Bonchev–Trinajstić information content (AvgIpc) is 3.20. The Hall–Kier alpha value is -2.46. The summed E-state index contributed by atoms with van der Waals surface area (Å²) in [6.07, 6.45) is 3.62. The standard InChI is InChI=1S/C22H25N3O/c1-17(22-23-21(24-26-22)20-10-6-3-7-11-20)25-14-12-19(13-15-25)16-18-8-4-2-5-9-18/h2-11,17,19H,12-16H2,1H3/t17-/m1/s1. The maximum atomic E-state index is 5.55. The van der Waals surface area contributed by atoms with E-state index in [0.717, 1.165) is 24.6 Å². The third kappa shape index (κ3) is 3.86. The number of hydrogen-bond donors (Lipinski definition) is 0. The van der Waals surface area contributed by atoms with Crippen LogP contribution >= 0.6 is 0 Å². The summed E-state index contributed by atoms with van der Waals surface area (Å²) in [4.78, 5) is 7.09. The van der Waals surface area contributed by atoms with Crippen LogP contribution in [0.1, 0.15) is 37.3 Å². The first-order chi connectivity index (χ1) is 12.8. The van der Waals surface area contributed by atoms with Crippen molar-refractivity contribution in [1.82, 2.24) is 15.0 Å². The summed E-state index contributed by atoms with van der Waals surface area (Å²) in [5, 5.41) is 4.16. The molecule has 1 atom stereocenters. The van der Waals surface area contributed by atoms with Crippen LogP contribution in [0.5, 0.6) is 0 Å². The summed E-state index contributed by atoms with van der Waals surface area (Å²) in [6.45, 7) is 4.34. The lowest BCUT2D eigenvalue weighted by Gasteiger charge is -2.34. The van der Waals surface area contributed by atoms with Crippen molar-refractivity contribution in [2.75, 3.05) is 13.1 Å². The molecule has 0 saturated carbocycles. The van der Waals surface area contributed by atoms with E-state index in [4.69, 9.17) is 4.52 Å². The smallest absolute Gasteiger partial charge is 0.244 e. The van der Waals surface area contributed by atoms with E-state index in [0.29, 0.717) is 11.7 Å². The number of rotatable bonds is 5. The third-order valence-corrected chi connectivity index (χ3v) is 5.40. The van der Waals surface area contributed by atoms with Crippen molar-refractivity contribution < 1.29 is 4.52 Å². The van der Waals surface area contributed by atoms with Gasteiger partial charge >= 0.3 is 0 Å². The molecule has 4 nitrogen and oxygen atoms in total. The molecule has 2 aromatic carbocycles. The zero-order valence-corrected chi connectivity index (χ0v) is 15.2. The Bertz CT molecular complexity index is 808. The molecule has 0 aliphatic carbocycles. The Labute approximate surface area is 154 Å². The van der Waals surface area contributed by atoms with Gasteiger partial charge in [0.15, 0.2) is 0 Å². The van der Waals surface area contributed by atoms with Crippen molar-refractivity contribution >= 4 is 0 Å². The molecule has 1 fully saturated rings. The van der Waals surface area contributed by atoms with Gasteiger partial charge in [-0.1, -0.05) is 65.8 Å². The molecule has 1 aliphatic rings. The molecule has 0 amide bonds. The van der Waals surface area contributed by atoms with Crippen molar-refractivity contribution in [3.63, 3.8) is 0 Å². The first kappa shape index (κ1) is 17.0. The fourth-order valence-corrected chi connectivity index (χ4v) is 3.76. The van der Waals surface area contributed by atoms with Crippen LogP contribution < -0.4 is 0 Å². The number of aromatic nitrogens is 2. The lowest BCUT2D eigenvalue weighted by molar-refractivity contribution is 0.119. The molecule has 1 aliphatic heterocycles. The molecule has 3 aromatic rings. The first-order valence-electron chi connectivity index (χ1n) is 9.46. The lowest BCUT2D eigenvalue weighted by atomic mass is 9.89. The van der Waals surface area contributed by atoms with Gasteiger partial charge in [-0.3, -0.25) is 4.90 Å². The van der Waals surface area contributed by atoms with Gasteiger partial charge in [0.05, 0.1) is 6.04 Å². The molecule has 0 bridgehead atoms. The molecular weight excluding hydrogens is 322 g/mol. The number of piperidine rings is 1. The molecule has 134 valence electrons. The van der Waals surface area contributed by atoms with E-state index in [2.05, 4.69) is 52.3 Å². The Morgan fingerprint density at radius 3 is 2.35 bits per heavy atom. The van der Waals surface area contributed by atoms with Gasteiger partial charge in [-0.05, 0) is 50.8 Å². The van der Waals surface area contributed by atoms with E-state index in [1.165, 1.54) is 24.8 Å². The van der Waals surface area contributed by atoms with E-state index < -0.39 is 0 Å². The third-order valence-electron chi connectivity index (χ3n) is 5.40. The van der Waals surface area contributed by atoms with Crippen molar-refractivity contribution in [3.05, 3.63) is 72.1 Å². The Balaban J connectivity index is 1.35. The van der Waals surface area contributed by atoms with E-state index in [9.17, 15) is 0 Å². The van der Waals surface area contributed by atoms with Crippen LogP contribution in [0, 0.1) is 5.92 Å². The Morgan fingerprint density at radius 1 is 1.00 bits per heavy atom. The molecule has 2 heterocycles. The predicted molar refractivity (Wildman–Crippen MR) is 103 cm³/mol. The van der Waals surface area contributed by atoms with Gasteiger partial charge in [-0.15, -0.1) is 0 Å². The van der Waals surface area contributed by atoms with Crippen molar-refractivity contribution in [1.29, 1.82) is 0 Å². The van der Waals surface area contributed by atoms with Crippen molar-refractivity contribution in [2.45, 2.75) is 32.2 Å². The lowest BCUT2D eigenvalue weighted by Crippen LogP contribution is -2.36. The minimum Gasteiger partial charge on any atom is -0.337 e. The zero-order chi connectivity index (χ0) is 17.8. The molecule has 0 unspecified atom stereocenters. The van der Waals surface area contributed by atoms with Gasteiger partial charge in [0.1, 0.15) is 0 Å². The maximum absolute atomic E-state index is 5.55. The molecule has 0 radical (unpaired) electrons. The molecule has 0 spiro atoms. The first-order valence-corrected chi connectivity index (χ1v) is 9.46. The Kier molecular flexibility index (Phi) is 5.12. The van der Waals surface area contributed by atoms with E-state index in [1.54, 1.807) is 0 Å². The fraction of sp³-hybridized carbons (Fsp3) is 0.364. The summed E-state index contributed by atoms with van der Waals surface area (Å²) in [7, 11) is 0. The van der Waals surface area contributed by atoms with Crippen molar-refractivity contribution in [2.24, 2.45) is 5.92 Å². The fourth-order valence-electron chi connectivity index (χ4n) is 3.76. The Morgan fingerprint density at radius 2 is 1.65 bits per heavy atom. The summed E-state index contributed by atoms with van der Waals surface area (Å²) >= 11 is 0. The van der Waals surface area contributed by atoms with E-state index >= 15 is 0 Å². The summed E-state index contributed by atoms with van der Waals surface area (Å²) in [6, 6.07) is 21.0. The monoisotopic (exact) mass is 347 g/mol. The molecule has 0 N–H and O–H groups in total. The molecule has 1 aromatic heterocycles. The topological polar surface area (TPSA) is 42.2 Å². The van der Waals surface area contributed by atoms with Gasteiger partial charge < -0.3 is 4.52 Å². The quantitative estimate of drug-likeness (QED) is 0.668. The number of hydrogen-bond acceptors (Lipinski definition) is 4. The summed E-state index contributed by atoms with van der Waals surface area (Å²) in [5.41, 5.74) is 2.44. The summed E-state index contributed by atoms with van der Waals surface area (Å²) < 4.78 is 5.55. The normalized spacial score (nSPS) is 17.3. The van der Waals surface area contributed by atoms with Gasteiger partial charge in [0, 0.05) is 5.56 Å². The van der Waals surface area contributed by atoms with E-state index in [-0.39, 0.29) is 6.04 Å². The van der Waals surface area contributed by atoms with Crippen LogP contribution in [0.2, 0.25) is 0 Å². The number of nitrogens with zero attached hydrogens (tertiary/aromatic N) is 3. The molecule has 4 heteroatoms. The van der Waals surface area contributed by atoms with Crippen LogP contribution in [-0.2, 0) is 6.42 Å². The largest absolute Gasteiger partial charge is 0.337 e. The van der Waals surface area contributed by atoms with Crippen molar-refractivity contribution in [3.8, 4) is 11.4 Å². The second kappa shape index (κ2) is 7.83. The van der Waals surface area contributed by atoms with Crippen LogP contribution in [0.4, 0.5) is 0 Å². The highest BCUT2D eigenvalue weighted by atomic mass is 16.5. The van der Waals surface area contributed by atoms with Crippen LogP contribution in [0.3, 0.4) is 0 Å². The predicted octanol–water partition coefficient (Wildman–Crippen LogP) is 4.75. The van der Waals surface area contributed by atoms with Crippen LogP contribution in [-0.4, -0.2) is 28.1 Å². The molecular formula is C22H25N3O. The SMILES string of the molecule is C[C@H](c1nc(-c2ccccc2)no1)N1CCC(Cc2ccccc2)CC1.